The van der Waals surface area contributed by atoms with Gasteiger partial charge in [-0.25, -0.2) is 4.98 Å². The Kier molecular flexibility index (Phi) is 9.99. The summed E-state index contributed by atoms with van der Waals surface area (Å²) in [6.45, 7) is 2.55. The molecule has 0 saturated heterocycles. The molecule has 1 N–H and O–H groups in total. The van der Waals surface area contributed by atoms with Gasteiger partial charge >= 0.3 is 0 Å². The standard InChI is InChI=1S/C20H33N3O5/c1-26-12-6-10-21-19(24)17-15-28-18(22-17)14-23(11-7-13-27-2)20(25)16-8-4-3-5-9-16/h15-16H,3-14H2,1-2H3,(H,21,24). The molecule has 8 heteroatoms. The van der Waals surface area contributed by atoms with Crippen molar-refractivity contribution < 1.29 is 23.5 Å². The third kappa shape index (κ3) is 7.24. The number of hydrogen-bond acceptors (Lipinski definition) is 6. The van der Waals surface area contributed by atoms with Gasteiger partial charge in [0.2, 0.25) is 11.8 Å². The lowest BCUT2D eigenvalue weighted by Gasteiger charge is -2.28. The lowest BCUT2D eigenvalue weighted by atomic mass is 9.88. The number of ether oxygens (including phenoxy) is 2. The molecule has 0 spiro atoms. The summed E-state index contributed by atoms with van der Waals surface area (Å²) in [5.74, 6) is 0.327. The van der Waals surface area contributed by atoms with Crippen LogP contribution in [0.25, 0.3) is 0 Å². The molecule has 1 heterocycles. The van der Waals surface area contributed by atoms with E-state index in [2.05, 4.69) is 10.3 Å². The van der Waals surface area contributed by atoms with Crippen LogP contribution >= 0.6 is 0 Å². The average Bonchev–Trinajstić information content (AvgIpc) is 3.19. The van der Waals surface area contributed by atoms with E-state index in [1.165, 1.54) is 12.7 Å². The van der Waals surface area contributed by atoms with E-state index in [9.17, 15) is 9.59 Å². The highest BCUT2D eigenvalue weighted by molar-refractivity contribution is 5.91. The first-order valence-electron chi connectivity index (χ1n) is 10.1. The van der Waals surface area contributed by atoms with Crippen LogP contribution in [0.15, 0.2) is 10.7 Å². The Morgan fingerprint density at radius 1 is 1.18 bits per heavy atom. The monoisotopic (exact) mass is 395 g/mol. The number of methoxy groups -OCH3 is 2. The number of carbonyl (C=O) groups is 2. The number of carbonyl (C=O) groups excluding carboxylic acids is 2. The van der Waals surface area contributed by atoms with Gasteiger partial charge in [-0.1, -0.05) is 19.3 Å². The number of amides is 2. The van der Waals surface area contributed by atoms with Crippen molar-refractivity contribution in [2.75, 3.05) is 40.5 Å². The van der Waals surface area contributed by atoms with Gasteiger partial charge in [0.25, 0.3) is 5.91 Å². The molecule has 28 heavy (non-hydrogen) atoms. The molecule has 1 aliphatic carbocycles. The van der Waals surface area contributed by atoms with Crippen LogP contribution in [0.2, 0.25) is 0 Å². The molecule has 0 aromatic carbocycles. The first-order chi connectivity index (χ1) is 13.7. The topological polar surface area (TPSA) is 93.9 Å². The zero-order chi connectivity index (χ0) is 20.2. The van der Waals surface area contributed by atoms with Gasteiger partial charge in [-0.2, -0.15) is 0 Å². The van der Waals surface area contributed by atoms with E-state index in [0.717, 1.165) is 38.5 Å². The second-order valence-corrected chi connectivity index (χ2v) is 7.17. The summed E-state index contributed by atoms with van der Waals surface area (Å²) < 4.78 is 15.5. The van der Waals surface area contributed by atoms with Crippen LogP contribution in [-0.4, -0.2) is 62.2 Å². The summed E-state index contributed by atoms with van der Waals surface area (Å²) in [6.07, 6.45) is 8.14. The third-order valence-corrected chi connectivity index (χ3v) is 4.96. The van der Waals surface area contributed by atoms with Gasteiger partial charge in [-0.15, -0.1) is 0 Å². The quantitative estimate of drug-likeness (QED) is 0.546. The smallest absolute Gasteiger partial charge is 0.273 e. The fourth-order valence-electron chi connectivity index (χ4n) is 3.43. The van der Waals surface area contributed by atoms with Gasteiger partial charge in [0.15, 0.2) is 5.69 Å². The Balaban J connectivity index is 1.93. The molecule has 2 rings (SSSR count). The van der Waals surface area contributed by atoms with Crippen molar-refractivity contribution in [2.24, 2.45) is 5.92 Å². The van der Waals surface area contributed by atoms with E-state index in [-0.39, 0.29) is 30.0 Å². The van der Waals surface area contributed by atoms with Gasteiger partial charge < -0.3 is 24.1 Å². The Morgan fingerprint density at radius 2 is 1.89 bits per heavy atom. The summed E-state index contributed by atoms with van der Waals surface area (Å²) in [4.78, 5) is 31.2. The predicted molar refractivity (Wildman–Crippen MR) is 104 cm³/mol. The summed E-state index contributed by atoms with van der Waals surface area (Å²) in [5.41, 5.74) is 0.231. The summed E-state index contributed by atoms with van der Waals surface area (Å²) in [5, 5.41) is 2.78. The maximum absolute atomic E-state index is 13.0. The van der Waals surface area contributed by atoms with E-state index < -0.39 is 0 Å². The SMILES string of the molecule is COCCCNC(=O)c1coc(CN(CCCOC)C(=O)C2CCCCC2)n1. The van der Waals surface area contributed by atoms with Crippen molar-refractivity contribution in [3.05, 3.63) is 17.8 Å². The zero-order valence-corrected chi connectivity index (χ0v) is 17.1. The van der Waals surface area contributed by atoms with Crippen molar-refractivity contribution >= 4 is 11.8 Å². The van der Waals surface area contributed by atoms with Crippen LogP contribution in [0, 0.1) is 5.92 Å². The van der Waals surface area contributed by atoms with Gasteiger partial charge in [0.05, 0.1) is 6.54 Å². The molecule has 0 bridgehead atoms. The minimum atomic E-state index is -0.282. The molecule has 0 radical (unpaired) electrons. The number of hydrogen-bond donors (Lipinski definition) is 1. The van der Waals surface area contributed by atoms with Crippen molar-refractivity contribution in [3.8, 4) is 0 Å². The molecule has 8 nitrogen and oxygen atoms in total. The van der Waals surface area contributed by atoms with Crippen LogP contribution in [0.3, 0.4) is 0 Å². The highest BCUT2D eigenvalue weighted by Crippen LogP contribution is 2.26. The fourth-order valence-corrected chi connectivity index (χ4v) is 3.43. The summed E-state index contributed by atoms with van der Waals surface area (Å²) in [7, 11) is 3.28. The molecule has 1 aliphatic rings. The predicted octanol–water partition coefficient (Wildman–Crippen LogP) is 2.39. The molecule has 158 valence electrons. The number of rotatable bonds is 12. The van der Waals surface area contributed by atoms with Gasteiger partial charge in [0.1, 0.15) is 6.26 Å². The molecule has 1 aromatic heterocycles. The van der Waals surface area contributed by atoms with Crippen LogP contribution in [0.5, 0.6) is 0 Å². The number of nitrogens with one attached hydrogen (secondary N) is 1. The Morgan fingerprint density at radius 3 is 2.61 bits per heavy atom. The molecule has 2 amide bonds. The molecular formula is C20H33N3O5. The number of oxazole rings is 1. The molecule has 0 aliphatic heterocycles. The lowest BCUT2D eigenvalue weighted by Crippen LogP contribution is -2.37. The molecule has 1 aromatic rings. The van der Waals surface area contributed by atoms with Crippen LogP contribution in [0.1, 0.15) is 61.3 Å². The second-order valence-electron chi connectivity index (χ2n) is 7.17. The Hall–Kier alpha value is -1.93. The molecule has 1 saturated carbocycles. The summed E-state index contributed by atoms with van der Waals surface area (Å²) in [6, 6.07) is 0. The Bertz CT molecular complexity index is 598. The molecule has 0 atom stereocenters. The first kappa shape index (κ1) is 22.4. The molecular weight excluding hydrogens is 362 g/mol. The zero-order valence-electron chi connectivity index (χ0n) is 17.1. The van der Waals surface area contributed by atoms with Gasteiger partial charge in [0, 0.05) is 46.4 Å². The second kappa shape index (κ2) is 12.5. The van der Waals surface area contributed by atoms with E-state index in [1.807, 2.05) is 0 Å². The average molecular weight is 396 g/mol. The van der Waals surface area contributed by atoms with E-state index >= 15 is 0 Å². The van der Waals surface area contributed by atoms with Crippen molar-refractivity contribution in [1.82, 2.24) is 15.2 Å². The van der Waals surface area contributed by atoms with Crippen LogP contribution < -0.4 is 5.32 Å². The fraction of sp³-hybridized carbons (Fsp3) is 0.750. The number of aromatic nitrogens is 1. The van der Waals surface area contributed by atoms with E-state index in [4.69, 9.17) is 13.9 Å². The van der Waals surface area contributed by atoms with Crippen molar-refractivity contribution in [3.63, 3.8) is 0 Å². The maximum Gasteiger partial charge on any atom is 0.273 e. The van der Waals surface area contributed by atoms with E-state index in [1.54, 1.807) is 19.1 Å². The molecule has 0 unspecified atom stereocenters. The Labute approximate surface area is 167 Å². The van der Waals surface area contributed by atoms with Crippen LogP contribution in [-0.2, 0) is 20.8 Å². The van der Waals surface area contributed by atoms with Gasteiger partial charge in [-0.05, 0) is 25.7 Å². The summed E-state index contributed by atoms with van der Waals surface area (Å²) >= 11 is 0. The minimum absolute atomic E-state index is 0.0785. The minimum Gasteiger partial charge on any atom is -0.446 e. The normalized spacial score (nSPS) is 14.8. The molecule has 1 fully saturated rings. The largest absolute Gasteiger partial charge is 0.446 e. The van der Waals surface area contributed by atoms with E-state index in [0.29, 0.717) is 32.2 Å². The lowest BCUT2D eigenvalue weighted by molar-refractivity contribution is -0.137. The highest BCUT2D eigenvalue weighted by Gasteiger charge is 2.27. The van der Waals surface area contributed by atoms with Crippen LogP contribution in [0.4, 0.5) is 0 Å². The van der Waals surface area contributed by atoms with Crippen molar-refractivity contribution in [1.29, 1.82) is 0 Å². The van der Waals surface area contributed by atoms with Crippen molar-refractivity contribution in [2.45, 2.75) is 51.5 Å². The number of nitrogens with zero attached hydrogens (tertiary/aromatic N) is 2. The first-order valence-corrected chi connectivity index (χ1v) is 10.1. The highest BCUT2D eigenvalue weighted by atomic mass is 16.5. The third-order valence-electron chi connectivity index (χ3n) is 4.96. The maximum atomic E-state index is 13.0. The van der Waals surface area contributed by atoms with Gasteiger partial charge in [-0.3, -0.25) is 9.59 Å².